The molecular formula is C21H26N6O5. The number of carbonyl (C=O) groups excluding carboxylic acids is 2. The lowest BCUT2D eigenvalue weighted by molar-refractivity contribution is -0.384. The van der Waals surface area contributed by atoms with Gasteiger partial charge in [0.15, 0.2) is 5.69 Å². The summed E-state index contributed by atoms with van der Waals surface area (Å²) in [5.74, 6) is -1.07. The van der Waals surface area contributed by atoms with Crippen LogP contribution in [-0.2, 0) is 4.79 Å². The molecule has 1 saturated heterocycles. The molecule has 1 aliphatic rings. The molecule has 0 aliphatic carbocycles. The molecule has 3 N–H and O–H groups in total. The number of nitro benzene ring substituents is 1. The van der Waals surface area contributed by atoms with Crippen molar-refractivity contribution in [2.75, 3.05) is 26.2 Å². The molecule has 2 amide bonds. The van der Waals surface area contributed by atoms with Gasteiger partial charge in [-0.25, -0.2) is 4.68 Å². The zero-order valence-electron chi connectivity index (χ0n) is 17.8. The molecule has 0 radical (unpaired) electrons. The first-order valence-electron chi connectivity index (χ1n) is 10.4. The lowest BCUT2D eigenvalue weighted by Gasteiger charge is -2.31. The fourth-order valence-corrected chi connectivity index (χ4v) is 3.83. The van der Waals surface area contributed by atoms with Crippen LogP contribution in [0.1, 0.15) is 35.4 Å². The molecular weight excluding hydrogens is 416 g/mol. The van der Waals surface area contributed by atoms with Crippen molar-refractivity contribution in [2.24, 2.45) is 11.7 Å². The van der Waals surface area contributed by atoms with Crippen LogP contribution in [0, 0.1) is 23.0 Å². The van der Waals surface area contributed by atoms with Crippen LogP contribution in [0.5, 0.6) is 0 Å². The van der Waals surface area contributed by atoms with Crippen LogP contribution in [0.2, 0.25) is 0 Å². The van der Waals surface area contributed by atoms with Gasteiger partial charge in [-0.3, -0.25) is 24.5 Å². The Bertz CT molecular complexity index is 1080. The van der Waals surface area contributed by atoms with E-state index in [0.717, 1.165) is 19.4 Å². The minimum absolute atomic E-state index is 0.143. The third kappa shape index (κ3) is 5.35. The zero-order chi connectivity index (χ0) is 23.3. The van der Waals surface area contributed by atoms with E-state index in [2.05, 4.69) is 15.3 Å². The highest BCUT2D eigenvalue weighted by atomic mass is 16.6. The number of piperidine rings is 1. The van der Waals surface area contributed by atoms with E-state index in [9.17, 15) is 24.5 Å². The van der Waals surface area contributed by atoms with Gasteiger partial charge >= 0.3 is 0 Å². The van der Waals surface area contributed by atoms with Crippen LogP contribution in [0.3, 0.4) is 0 Å². The van der Waals surface area contributed by atoms with Crippen molar-refractivity contribution >= 4 is 17.5 Å². The molecule has 0 bridgehead atoms. The van der Waals surface area contributed by atoms with Gasteiger partial charge in [0.1, 0.15) is 5.69 Å². The topological polar surface area (TPSA) is 153 Å². The maximum atomic E-state index is 12.6. The Labute approximate surface area is 184 Å². The minimum atomic E-state index is -0.643. The van der Waals surface area contributed by atoms with Gasteiger partial charge in [-0.2, -0.15) is 5.10 Å². The van der Waals surface area contributed by atoms with Gasteiger partial charge in [0.25, 0.3) is 11.6 Å². The molecule has 1 aromatic heterocycles. The number of likely N-dealkylation sites (tertiary alicyclic amines) is 1. The number of nitro groups is 1. The number of aryl methyl sites for hydroxylation is 1. The molecule has 3 rings (SSSR count). The number of nitrogens with two attached hydrogens (primary N) is 1. The molecule has 0 spiro atoms. The SMILES string of the molecule is Cc1cc(=O)c(C(=O)NCCCN2CCCC(C(N)=O)C2)nn1-c1ccccc1[N+](=O)[O-]. The van der Waals surface area contributed by atoms with E-state index in [1.54, 1.807) is 13.0 Å². The van der Waals surface area contributed by atoms with Gasteiger partial charge in [0.2, 0.25) is 11.3 Å². The fraction of sp³-hybridized carbons (Fsp3) is 0.429. The summed E-state index contributed by atoms with van der Waals surface area (Å²) in [6.45, 7) is 4.08. The fourth-order valence-electron chi connectivity index (χ4n) is 3.83. The van der Waals surface area contributed by atoms with Crippen LogP contribution >= 0.6 is 0 Å². The van der Waals surface area contributed by atoms with Crippen LogP contribution in [-0.4, -0.2) is 57.6 Å². The number of aromatic nitrogens is 2. The van der Waals surface area contributed by atoms with E-state index in [1.165, 1.54) is 28.9 Å². The maximum absolute atomic E-state index is 12.6. The third-order valence-corrected chi connectivity index (χ3v) is 5.47. The number of amides is 2. The predicted molar refractivity (Wildman–Crippen MR) is 117 cm³/mol. The molecule has 1 unspecified atom stereocenters. The number of primary amides is 1. The average molecular weight is 442 g/mol. The lowest BCUT2D eigenvalue weighted by atomic mass is 9.97. The Hall–Kier alpha value is -3.60. The number of carbonyl (C=O) groups is 2. The minimum Gasteiger partial charge on any atom is -0.369 e. The van der Waals surface area contributed by atoms with Gasteiger partial charge < -0.3 is 16.0 Å². The van der Waals surface area contributed by atoms with Crippen molar-refractivity contribution in [2.45, 2.75) is 26.2 Å². The zero-order valence-corrected chi connectivity index (χ0v) is 17.8. The van der Waals surface area contributed by atoms with E-state index in [1.807, 2.05) is 0 Å². The Morgan fingerprint density at radius 2 is 2.09 bits per heavy atom. The standard InChI is InChI=1S/C21H26N6O5/c1-14-12-18(28)19(24-26(14)16-7-2-3-8-17(16)27(31)32)21(30)23-9-5-11-25-10-4-6-15(13-25)20(22)29/h2-3,7-8,12,15H,4-6,9-11,13H2,1H3,(H2,22,29)(H,23,30). The lowest BCUT2D eigenvalue weighted by Crippen LogP contribution is -2.42. The molecule has 32 heavy (non-hydrogen) atoms. The number of nitrogens with one attached hydrogen (secondary N) is 1. The summed E-state index contributed by atoms with van der Waals surface area (Å²) in [4.78, 5) is 49.2. The molecule has 170 valence electrons. The highest BCUT2D eigenvalue weighted by Gasteiger charge is 2.24. The van der Waals surface area contributed by atoms with Crippen molar-refractivity contribution in [1.82, 2.24) is 20.0 Å². The first-order valence-corrected chi connectivity index (χ1v) is 10.4. The van der Waals surface area contributed by atoms with Crippen molar-refractivity contribution in [3.05, 3.63) is 62.1 Å². The Morgan fingerprint density at radius 3 is 2.81 bits per heavy atom. The van der Waals surface area contributed by atoms with Crippen LogP contribution in [0.15, 0.2) is 35.1 Å². The molecule has 0 saturated carbocycles. The van der Waals surface area contributed by atoms with Crippen LogP contribution < -0.4 is 16.5 Å². The van der Waals surface area contributed by atoms with E-state index >= 15 is 0 Å². The number of rotatable bonds is 8. The summed E-state index contributed by atoms with van der Waals surface area (Å²) < 4.78 is 1.23. The number of benzene rings is 1. The molecule has 2 heterocycles. The van der Waals surface area contributed by atoms with E-state index in [0.29, 0.717) is 31.7 Å². The predicted octanol–water partition coefficient (Wildman–Crippen LogP) is 0.766. The normalized spacial score (nSPS) is 16.5. The summed E-state index contributed by atoms with van der Waals surface area (Å²) in [5.41, 5.74) is 4.85. The van der Waals surface area contributed by atoms with E-state index in [-0.39, 0.29) is 28.9 Å². The van der Waals surface area contributed by atoms with Gasteiger partial charge in [-0.1, -0.05) is 12.1 Å². The molecule has 1 aliphatic heterocycles. The highest BCUT2D eigenvalue weighted by molar-refractivity contribution is 5.92. The summed E-state index contributed by atoms with van der Waals surface area (Å²) in [6.07, 6.45) is 2.33. The summed E-state index contributed by atoms with van der Waals surface area (Å²) in [7, 11) is 0. The Balaban J connectivity index is 1.66. The second kappa shape index (κ2) is 10.1. The van der Waals surface area contributed by atoms with Crippen molar-refractivity contribution < 1.29 is 14.5 Å². The molecule has 2 aromatic rings. The molecule has 11 nitrogen and oxygen atoms in total. The molecule has 11 heteroatoms. The first kappa shape index (κ1) is 23.1. The monoisotopic (exact) mass is 442 g/mol. The number of nitrogens with zero attached hydrogens (tertiary/aromatic N) is 4. The van der Waals surface area contributed by atoms with E-state index < -0.39 is 16.3 Å². The van der Waals surface area contributed by atoms with Crippen molar-refractivity contribution in [1.29, 1.82) is 0 Å². The largest absolute Gasteiger partial charge is 0.369 e. The second-order valence-corrected chi connectivity index (χ2v) is 7.81. The third-order valence-electron chi connectivity index (χ3n) is 5.47. The van der Waals surface area contributed by atoms with E-state index in [4.69, 9.17) is 5.73 Å². The summed E-state index contributed by atoms with van der Waals surface area (Å²) in [6, 6.07) is 7.21. The average Bonchev–Trinajstić information content (AvgIpc) is 2.77. The number of para-hydroxylation sites is 2. The highest BCUT2D eigenvalue weighted by Crippen LogP contribution is 2.22. The molecule has 1 aromatic carbocycles. The second-order valence-electron chi connectivity index (χ2n) is 7.81. The van der Waals surface area contributed by atoms with Crippen molar-refractivity contribution in [3.8, 4) is 5.69 Å². The summed E-state index contributed by atoms with van der Waals surface area (Å²) in [5, 5.41) is 18.1. The van der Waals surface area contributed by atoms with Gasteiger partial charge in [0.05, 0.1) is 10.8 Å². The Morgan fingerprint density at radius 1 is 1.34 bits per heavy atom. The molecule has 1 fully saturated rings. The van der Waals surface area contributed by atoms with Crippen molar-refractivity contribution in [3.63, 3.8) is 0 Å². The van der Waals surface area contributed by atoms with Gasteiger partial charge in [0, 0.05) is 30.9 Å². The maximum Gasteiger partial charge on any atom is 0.294 e. The number of hydrogen-bond donors (Lipinski definition) is 2. The number of hydrogen-bond acceptors (Lipinski definition) is 7. The molecule has 1 atom stereocenters. The van der Waals surface area contributed by atoms with Gasteiger partial charge in [-0.05, 0) is 45.3 Å². The Kier molecular flexibility index (Phi) is 7.31. The smallest absolute Gasteiger partial charge is 0.294 e. The van der Waals surface area contributed by atoms with Crippen LogP contribution in [0.4, 0.5) is 5.69 Å². The first-order chi connectivity index (χ1) is 15.3. The summed E-state index contributed by atoms with van der Waals surface area (Å²) >= 11 is 0. The quantitative estimate of drug-likeness (QED) is 0.348. The van der Waals surface area contributed by atoms with Gasteiger partial charge in [-0.15, -0.1) is 0 Å². The van der Waals surface area contributed by atoms with Crippen LogP contribution in [0.25, 0.3) is 5.69 Å².